The number of hydrogen-bond donors (Lipinski definition) is 0. The molecule has 0 radical (unpaired) electrons. The lowest BCUT2D eigenvalue weighted by Gasteiger charge is -2.35. The van der Waals surface area contributed by atoms with Gasteiger partial charge < -0.3 is 14.2 Å². The fourth-order valence-electron chi connectivity index (χ4n) is 3.51. The minimum absolute atomic E-state index is 0.0713. The lowest BCUT2D eigenvalue weighted by Crippen LogP contribution is -2.49. The Kier molecular flexibility index (Phi) is 4.73. The maximum absolute atomic E-state index is 12.5. The van der Waals surface area contributed by atoms with Crippen LogP contribution in [0.4, 0.5) is 5.69 Å². The molecule has 140 valence electrons. The SMILES string of the molecule is Cc1nn(-c2ccccn2)c(C)c1N1CCN(C(=O)c2ccc(Br)o2)CC1. The van der Waals surface area contributed by atoms with E-state index >= 15 is 0 Å². The van der Waals surface area contributed by atoms with Gasteiger partial charge in [0.1, 0.15) is 0 Å². The van der Waals surface area contributed by atoms with Gasteiger partial charge in [0.25, 0.3) is 5.91 Å². The molecule has 4 heterocycles. The first kappa shape index (κ1) is 17.8. The van der Waals surface area contributed by atoms with Crippen molar-refractivity contribution in [2.24, 2.45) is 0 Å². The van der Waals surface area contributed by atoms with Gasteiger partial charge in [0, 0.05) is 32.4 Å². The van der Waals surface area contributed by atoms with Crippen LogP contribution in [-0.4, -0.2) is 51.8 Å². The van der Waals surface area contributed by atoms with Crippen LogP contribution in [0, 0.1) is 13.8 Å². The van der Waals surface area contributed by atoms with E-state index in [0.29, 0.717) is 23.5 Å². The first-order chi connectivity index (χ1) is 13.0. The monoisotopic (exact) mass is 429 g/mol. The number of piperazine rings is 1. The first-order valence-corrected chi connectivity index (χ1v) is 9.61. The van der Waals surface area contributed by atoms with Crippen LogP contribution in [-0.2, 0) is 0 Å². The number of anilines is 1. The van der Waals surface area contributed by atoms with Crippen molar-refractivity contribution in [2.75, 3.05) is 31.1 Å². The Morgan fingerprint density at radius 3 is 2.52 bits per heavy atom. The van der Waals surface area contributed by atoms with Crippen molar-refractivity contribution in [2.45, 2.75) is 13.8 Å². The summed E-state index contributed by atoms with van der Waals surface area (Å²) >= 11 is 3.24. The average Bonchev–Trinajstić information content (AvgIpc) is 3.25. The fraction of sp³-hybridized carbons (Fsp3) is 0.316. The number of aromatic nitrogens is 3. The summed E-state index contributed by atoms with van der Waals surface area (Å²) in [6.45, 7) is 6.86. The number of hydrogen-bond acceptors (Lipinski definition) is 5. The Bertz CT molecular complexity index is 958. The van der Waals surface area contributed by atoms with E-state index in [9.17, 15) is 4.79 Å². The molecule has 0 N–H and O–H groups in total. The van der Waals surface area contributed by atoms with Crippen LogP contribution >= 0.6 is 15.9 Å². The molecular formula is C19H20BrN5O2. The molecule has 3 aromatic heterocycles. The molecule has 1 aliphatic rings. The standard InChI is InChI=1S/C19H20BrN5O2/c1-13-18(14(2)25(22-13)17-5-3-4-8-21-17)23-9-11-24(12-10-23)19(26)15-6-7-16(20)27-15/h3-8H,9-12H2,1-2H3. The number of halogens is 1. The highest BCUT2D eigenvalue weighted by molar-refractivity contribution is 9.10. The van der Waals surface area contributed by atoms with Crippen molar-refractivity contribution < 1.29 is 9.21 Å². The highest BCUT2D eigenvalue weighted by atomic mass is 79.9. The molecule has 1 amide bonds. The summed E-state index contributed by atoms with van der Waals surface area (Å²) in [4.78, 5) is 21.1. The summed E-state index contributed by atoms with van der Waals surface area (Å²) in [5.41, 5.74) is 3.14. The normalized spacial score (nSPS) is 14.6. The van der Waals surface area contributed by atoms with Crippen LogP contribution in [0.3, 0.4) is 0 Å². The third-order valence-electron chi connectivity index (χ3n) is 4.79. The number of nitrogens with zero attached hydrogens (tertiary/aromatic N) is 5. The quantitative estimate of drug-likeness (QED) is 0.639. The number of amides is 1. The van der Waals surface area contributed by atoms with Gasteiger partial charge in [-0.05, 0) is 54.0 Å². The zero-order valence-corrected chi connectivity index (χ0v) is 16.8. The minimum atomic E-state index is -0.0713. The van der Waals surface area contributed by atoms with Gasteiger partial charge in [-0.1, -0.05) is 6.07 Å². The molecule has 0 aliphatic carbocycles. The summed E-state index contributed by atoms with van der Waals surface area (Å²) < 4.78 is 7.84. The predicted molar refractivity (Wildman–Crippen MR) is 105 cm³/mol. The summed E-state index contributed by atoms with van der Waals surface area (Å²) in [5.74, 6) is 1.10. The van der Waals surface area contributed by atoms with Gasteiger partial charge in [0.05, 0.1) is 17.1 Å². The van der Waals surface area contributed by atoms with E-state index in [1.54, 1.807) is 18.3 Å². The Balaban J connectivity index is 1.50. The summed E-state index contributed by atoms with van der Waals surface area (Å²) in [6, 6.07) is 9.23. The van der Waals surface area contributed by atoms with Crippen LogP contribution in [0.5, 0.6) is 0 Å². The zero-order chi connectivity index (χ0) is 19.0. The number of aryl methyl sites for hydroxylation is 1. The second-order valence-corrected chi connectivity index (χ2v) is 7.28. The van der Waals surface area contributed by atoms with Gasteiger partial charge in [0.2, 0.25) is 0 Å². The van der Waals surface area contributed by atoms with Crippen LogP contribution in [0.1, 0.15) is 21.9 Å². The Hall–Kier alpha value is -2.61. The summed E-state index contributed by atoms with van der Waals surface area (Å²) in [5, 5.41) is 4.67. The fourth-order valence-corrected chi connectivity index (χ4v) is 3.82. The maximum atomic E-state index is 12.5. The molecule has 1 saturated heterocycles. The Morgan fingerprint density at radius 1 is 1.11 bits per heavy atom. The van der Waals surface area contributed by atoms with E-state index in [4.69, 9.17) is 4.42 Å². The van der Waals surface area contributed by atoms with Crippen molar-refractivity contribution in [3.05, 3.63) is 58.3 Å². The van der Waals surface area contributed by atoms with Gasteiger partial charge in [-0.3, -0.25) is 4.79 Å². The van der Waals surface area contributed by atoms with Crippen molar-refractivity contribution in [3.63, 3.8) is 0 Å². The van der Waals surface area contributed by atoms with Gasteiger partial charge >= 0.3 is 0 Å². The van der Waals surface area contributed by atoms with E-state index in [-0.39, 0.29) is 5.91 Å². The number of pyridine rings is 1. The lowest BCUT2D eigenvalue weighted by atomic mass is 10.2. The topological polar surface area (TPSA) is 67.4 Å². The van der Waals surface area contributed by atoms with Crippen molar-refractivity contribution in [1.82, 2.24) is 19.7 Å². The van der Waals surface area contributed by atoms with E-state index in [2.05, 4.69) is 37.8 Å². The third-order valence-corrected chi connectivity index (χ3v) is 5.21. The third kappa shape index (κ3) is 3.37. The smallest absolute Gasteiger partial charge is 0.289 e. The second-order valence-electron chi connectivity index (χ2n) is 6.50. The molecule has 0 bridgehead atoms. The maximum Gasteiger partial charge on any atom is 0.289 e. The highest BCUT2D eigenvalue weighted by Crippen LogP contribution is 2.27. The summed E-state index contributed by atoms with van der Waals surface area (Å²) in [6.07, 6.45) is 1.77. The minimum Gasteiger partial charge on any atom is -0.444 e. The van der Waals surface area contributed by atoms with Crippen molar-refractivity contribution in [3.8, 4) is 5.82 Å². The molecule has 0 saturated carbocycles. The van der Waals surface area contributed by atoms with Crippen LogP contribution in [0.2, 0.25) is 0 Å². The van der Waals surface area contributed by atoms with Gasteiger partial charge in [-0.25, -0.2) is 9.67 Å². The van der Waals surface area contributed by atoms with Gasteiger partial charge in [-0.2, -0.15) is 5.10 Å². The molecule has 1 aliphatic heterocycles. The molecule has 3 aromatic rings. The van der Waals surface area contributed by atoms with E-state index in [1.807, 2.05) is 34.7 Å². The van der Waals surface area contributed by atoms with E-state index in [1.165, 1.54) is 0 Å². The molecule has 0 aromatic carbocycles. The number of rotatable bonds is 3. The largest absolute Gasteiger partial charge is 0.444 e. The summed E-state index contributed by atoms with van der Waals surface area (Å²) in [7, 11) is 0. The van der Waals surface area contributed by atoms with Gasteiger partial charge in [-0.15, -0.1) is 0 Å². The first-order valence-electron chi connectivity index (χ1n) is 8.82. The van der Waals surface area contributed by atoms with Crippen LogP contribution in [0.25, 0.3) is 5.82 Å². The highest BCUT2D eigenvalue weighted by Gasteiger charge is 2.27. The molecule has 8 heteroatoms. The molecule has 4 rings (SSSR count). The average molecular weight is 430 g/mol. The second kappa shape index (κ2) is 7.19. The molecule has 0 spiro atoms. The molecule has 0 unspecified atom stereocenters. The number of furan rings is 1. The van der Waals surface area contributed by atoms with Crippen LogP contribution < -0.4 is 4.90 Å². The van der Waals surface area contributed by atoms with Crippen molar-refractivity contribution >= 4 is 27.5 Å². The Morgan fingerprint density at radius 2 is 1.89 bits per heavy atom. The van der Waals surface area contributed by atoms with Crippen LogP contribution in [0.15, 0.2) is 45.6 Å². The van der Waals surface area contributed by atoms with E-state index in [0.717, 1.165) is 36.0 Å². The van der Waals surface area contributed by atoms with Crippen molar-refractivity contribution in [1.29, 1.82) is 0 Å². The molecular weight excluding hydrogens is 410 g/mol. The van der Waals surface area contributed by atoms with E-state index < -0.39 is 0 Å². The Labute approximate surface area is 165 Å². The molecule has 7 nitrogen and oxygen atoms in total. The molecule has 27 heavy (non-hydrogen) atoms. The number of carbonyl (C=O) groups excluding carboxylic acids is 1. The number of carbonyl (C=O) groups is 1. The van der Waals surface area contributed by atoms with Gasteiger partial charge in [0.15, 0.2) is 16.2 Å². The molecule has 1 fully saturated rings. The molecule has 0 atom stereocenters. The zero-order valence-electron chi connectivity index (χ0n) is 15.2. The lowest BCUT2D eigenvalue weighted by molar-refractivity contribution is 0.0713. The predicted octanol–water partition coefficient (Wildman–Crippen LogP) is 3.20.